The Balaban J connectivity index is 2.11. The summed E-state index contributed by atoms with van der Waals surface area (Å²) in [6, 6.07) is 2.76. The molecule has 11 heteroatoms. The summed E-state index contributed by atoms with van der Waals surface area (Å²) in [5.41, 5.74) is -0.843. The first-order chi connectivity index (χ1) is 11.1. The number of nitrogens with zero attached hydrogens (tertiary/aromatic N) is 2. The highest BCUT2D eigenvalue weighted by Gasteiger charge is 2.37. The number of nitrogens with one attached hydrogen (secondary N) is 1. The van der Waals surface area contributed by atoms with Gasteiger partial charge in [0.05, 0.1) is 16.5 Å². The summed E-state index contributed by atoms with van der Waals surface area (Å²) in [4.78, 5) is 34.4. The van der Waals surface area contributed by atoms with Gasteiger partial charge in [0.2, 0.25) is 17.6 Å². The maximum Gasteiger partial charge on any atom is 0.405 e. The van der Waals surface area contributed by atoms with Gasteiger partial charge < -0.3 is 10.2 Å². The van der Waals surface area contributed by atoms with E-state index < -0.39 is 46.9 Å². The molecule has 0 radical (unpaired) electrons. The highest BCUT2D eigenvalue weighted by Crippen LogP contribution is 2.29. The zero-order valence-electron chi connectivity index (χ0n) is 12.0. The van der Waals surface area contributed by atoms with Gasteiger partial charge >= 0.3 is 11.9 Å². The van der Waals surface area contributed by atoms with E-state index in [-0.39, 0.29) is 18.7 Å². The number of rotatable bonds is 4. The summed E-state index contributed by atoms with van der Waals surface area (Å²) in [5, 5.41) is 12.4. The van der Waals surface area contributed by atoms with Gasteiger partial charge in [-0.15, -0.1) is 0 Å². The summed E-state index contributed by atoms with van der Waals surface area (Å²) >= 11 is 0. The molecule has 0 aromatic heterocycles. The minimum atomic E-state index is -4.57. The predicted molar refractivity (Wildman–Crippen MR) is 72.6 cm³/mol. The third-order valence-corrected chi connectivity index (χ3v) is 3.40. The Morgan fingerprint density at radius 1 is 1.42 bits per heavy atom. The second kappa shape index (κ2) is 6.42. The second-order valence-electron chi connectivity index (χ2n) is 5.13. The van der Waals surface area contributed by atoms with E-state index >= 15 is 0 Å². The maximum absolute atomic E-state index is 13.3. The second-order valence-corrected chi connectivity index (χ2v) is 5.13. The molecule has 0 aliphatic carbocycles. The number of carbonyl (C=O) groups is 2. The molecule has 0 bridgehead atoms. The van der Waals surface area contributed by atoms with E-state index in [0.29, 0.717) is 0 Å². The Morgan fingerprint density at radius 2 is 2.08 bits per heavy atom. The van der Waals surface area contributed by atoms with Crippen LogP contribution in [0.15, 0.2) is 18.2 Å². The van der Waals surface area contributed by atoms with E-state index in [2.05, 4.69) is 0 Å². The average molecular weight is 349 g/mol. The number of anilines is 1. The van der Waals surface area contributed by atoms with Crippen molar-refractivity contribution in [1.29, 1.82) is 0 Å². The van der Waals surface area contributed by atoms with Crippen LogP contribution in [-0.4, -0.2) is 36.0 Å². The Labute approximate surface area is 132 Å². The van der Waals surface area contributed by atoms with Gasteiger partial charge in [-0.25, -0.2) is 0 Å². The number of alkyl halides is 3. The molecule has 1 aromatic carbocycles. The summed E-state index contributed by atoms with van der Waals surface area (Å²) in [7, 11) is 0. The summed E-state index contributed by atoms with van der Waals surface area (Å²) in [6.07, 6.45) is -4.91. The summed E-state index contributed by atoms with van der Waals surface area (Å²) < 4.78 is 49.6. The molecule has 130 valence electrons. The average Bonchev–Trinajstić information content (AvgIpc) is 2.86. The summed E-state index contributed by atoms with van der Waals surface area (Å²) in [5.74, 6) is -3.65. The molecule has 2 rings (SSSR count). The Hall–Kier alpha value is -2.72. The summed E-state index contributed by atoms with van der Waals surface area (Å²) in [6.45, 7) is -1.76. The standard InChI is InChI=1S/C13H11F4N3O4/c14-9-2-1-8(4-10(9)20(23)24)19-5-7(3-11(19)21)12(22)18-6-13(15,16)17/h1-2,4,7H,3,5-6H2,(H,18,22). The highest BCUT2D eigenvalue weighted by molar-refractivity contribution is 6.00. The fourth-order valence-electron chi connectivity index (χ4n) is 2.27. The predicted octanol–water partition coefficient (Wildman–Crippen LogP) is 1.77. The number of nitro groups is 1. The number of hydrogen-bond acceptors (Lipinski definition) is 4. The molecule has 1 fully saturated rings. The zero-order valence-corrected chi connectivity index (χ0v) is 12.0. The number of carbonyl (C=O) groups excluding carboxylic acids is 2. The van der Waals surface area contributed by atoms with Gasteiger partial charge in [0.1, 0.15) is 6.54 Å². The number of hydrogen-bond donors (Lipinski definition) is 1. The van der Waals surface area contributed by atoms with Crippen molar-refractivity contribution in [3.05, 3.63) is 34.1 Å². The first-order valence-electron chi connectivity index (χ1n) is 6.67. The lowest BCUT2D eigenvalue weighted by molar-refractivity contribution is -0.387. The molecule has 1 aliphatic heterocycles. The molecule has 1 heterocycles. The van der Waals surface area contributed by atoms with Crippen molar-refractivity contribution < 1.29 is 32.1 Å². The molecular formula is C13H11F4N3O4. The van der Waals surface area contributed by atoms with Crippen LogP contribution >= 0.6 is 0 Å². The minimum Gasteiger partial charge on any atom is -0.347 e. The molecule has 1 aliphatic rings. The Morgan fingerprint density at radius 3 is 2.67 bits per heavy atom. The van der Waals surface area contributed by atoms with Crippen molar-refractivity contribution >= 4 is 23.2 Å². The molecular weight excluding hydrogens is 338 g/mol. The fraction of sp³-hybridized carbons (Fsp3) is 0.385. The lowest BCUT2D eigenvalue weighted by Gasteiger charge is -2.17. The molecule has 1 aromatic rings. The minimum absolute atomic E-state index is 0.000721. The smallest absolute Gasteiger partial charge is 0.347 e. The van der Waals surface area contributed by atoms with Crippen molar-refractivity contribution in [3.63, 3.8) is 0 Å². The van der Waals surface area contributed by atoms with E-state index in [1.807, 2.05) is 0 Å². The monoisotopic (exact) mass is 349 g/mol. The van der Waals surface area contributed by atoms with E-state index in [0.717, 1.165) is 23.1 Å². The molecule has 1 N–H and O–H groups in total. The van der Waals surface area contributed by atoms with Crippen molar-refractivity contribution in [1.82, 2.24) is 5.32 Å². The molecule has 0 saturated carbocycles. The van der Waals surface area contributed by atoms with E-state index in [9.17, 15) is 37.3 Å². The first kappa shape index (κ1) is 17.6. The lowest BCUT2D eigenvalue weighted by Crippen LogP contribution is -2.38. The van der Waals surface area contributed by atoms with Crippen molar-refractivity contribution in [3.8, 4) is 0 Å². The van der Waals surface area contributed by atoms with Crippen LogP contribution in [0.1, 0.15) is 6.42 Å². The topological polar surface area (TPSA) is 92.6 Å². The van der Waals surface area contributed by atoms with Gasteiger partial charge in [-0.3, -0.25) is 19.7 Å². The Kier molecular flexibility index (Phi) is 4.71. The maximum atomic E-state index is 13.3. The van der Waals surface area contributed by atoms with Crippen molar-refractivity contribution in [2.45, 2.75) is 12.6 Å². The van der Waals surface area contributed by atoms with Crippen LogP contribution in [-0.2, 0) is 9.59 Å². The van der Waals surface area contributed by atoms with Crippen molar-refractivity contribution in [2.24, 2.45) is 5.92 Å². The Bertz CT molecular complexity index is 692. The van der Waals surface area contributed by atoms with Gasteiger partial charge in [0.25, 0.3) is 0 Å². The zero-order chi connectivity index (χ0) is 18.1. The van der Waals surface area contributed by atoms with Crippen LogP contribution in [0.4, 0.5) is 28.9 Å². The van der Waals surface area contributed by atoms with E-state index in [1.54, 1.807) is 5.32 Å². The lowest BCUT2D eigenvalue weighted by atomic mass is 10.1. The SMILES string of the molecule is O=C(NCC(F)(F)F)C1CC(=O)N(c2ccc(F)c([N+](=O)[O-])c2)C1. The third kappa shape index (κ3) is 3.97. The van der Waals surface area contributed by atoms with E-state index in [4.69, 9.17) is 0 Å². The third-order valence-electron chi connectivity index (χ3n) is 3.40. The quantitative estimate of drug-likeness (QED) is 0.509. The van der Waals surface area contributed by atoms with Crippen LogP contribution < -0.4 is 10.2 Å². The van der Waals surface area contributed by atoms with Gasteiger partial charge in [0.15, 0.2) is 0 Å². The van der Waals surface area contributed by atoms with Gasteiger partial charge in [0, 0.05) is 19.0 Å². The number of amides is 2. The number of nitro benzene ring substituents is 1. The largest absolute Gasteiger partial charge is 0.405 e. The fourth-order valence-corrected chi connectivity index (χ4v) is 2.27. The van der Waals surface area contributed by atoms with Gasteiger partial charge in [-0.05, 0) is 12.1 Å². The van der Waals surface area contributed by atoms with Crippen LogP contribution in [0.3, 0.4) is 0 Å². The van der Waals surface area contributed by atoms with Crippen LogP contribution in [0.2, 0.25) is 0 Å². The molecule has 7 nitrogen and oxygen atoms in total. The normalized spacial score (nSPS) is 17.9. The van der Waals surface area contributed by atoms with Crippen LogP contribution in [0, 0.1) is 21.8 Å². The van der Waals surface area contributed by atoms with Gasteiger partial charge in [-0.1, -0.05) is 0 Å². The first-order valence-corrected chi connectivity index (χ1v) is 6.67. The molecule has 2 amide bonds. The van der Waals surface area contributed by atoms with Crippen LogP contribution in [0.5, 0.6) is 0 Å². The van der Waals surface area contributed by atoms with Gasteiger partial charge in [-0.2, -0.15) is 17.6 Å². The molecule has 24 heavy (non-hydrogen) atoms. The highest BCUT2D eigenvalue weighted by atomic mass is 19.4. The molecule has 1 unspecified atom stereocenters. The number of benzene rings is 1. The molecule has 1 atom stereocenters. The van der Waals surface area contributed by atoms with E-state index in [1.165, 1.54) is 0 Å². The molecule has 0 spiro atoms. The molecule has 1 saturated heterocycles. The van der Waals surface area contributed by atoms with Crippen molar-refractivity contribution in [2.75, 3.05) is 18.0 Å². The van der Waals surface area contributed by atoms with Crippen LogP contribution in [0.25, 0.3) is 0 Å². The number of halogens is 4.